The molecule has 3 rings (SSSR count). The van der Waals surface area contributed by atoms with Crippen LogP contribution in [0.15, 0.2) is 83.4 Å². The van der Waals surface area contributed by atoms with Gasteiger partial charge < -0.3 is 14.9 Å². The SMILES string of the molecule is CCOc1ccc(S(=O)(=O)Nc2ccccc2C(=O)NN/C(C)=C/c2ccc(OC)cc2)cc1. The fourth-order valence-corrected chi connectivity index (χ4v) is 4.14. The number of hydrogen-bond donors (Lipinski definition) is 3. The van der Waals surface area contributed by atoms with Crippen molar-refractivity contribution in [2.45, 2.75) is 18.7 Å². The van der Waals surface area contributed by atoms with Crippen molar-refractivity contribution in [3.8, 4) is 11.5 Å². The third kappa shape index (κ3) is 6.52. The van der Waals surface area contributed by atoms with Crippen LogP contribution in [0.5, 0.6) is 11.5 Å². The molecule has 0 aliphatic carbocycles. The second-order valence-corrected chi connectivity index (χ2v) is 8.92. The summed E-state index contributed by atoms with van der Waals surface area (Å²) in [5.41, 5.74) is 7.37. The Labute approximate surface area is 199 Å². The van der Waals surface area contributed by atoms with Gasteiger partial charge in [-0.2, -0.15) is 0 Å². The van der Waals surface area contributed by atoms with Crippen molar-refractivity contribution in [1.29, 1.82) is 0 Å². The molecule has 8 nitrogen and oxygen atoms in total. The lowest BCUT2D eigenvalue weighted by Gasteiger charge is -2.14. The van der Waals surface area contributed by atoms with Crippen molar-refractivity contribution in [3.63, 3.8) is 0 Å². The Balaban J connectivity index is 1.70. The van der Waals surface area contributed by atoms with E-state index in [1.54, 1.807) is 38.3 Å². The van der Waals surface area contributed by atoms with Gasteiger partial charge in [0.1, 0.15) is 11.5 Å². The molecule has 0 spiro atoms. The molecule has 1 amide bonds. The van der Waals surface area contributed by atoms with Crippen LogP contribution < -0.4 is 25.0 Å². The highest BCUT2D eigenvalue weighted by atomic mass is 32.2. The first-order valence-electron chi connectivity index (χ1n) is 10.6. The van der Waals surface area contributed by atoms with Gasteiger partial charge in [0, 0.05) is 5.70 Å². The molecule has 0 fully saturated rings. The summed E-state index contributed by atoms with van der Waals surface area (Å²) >= 11 is 0. The van der Waals surface area contributed by atoms with E-state index in [9.17, 15) is 13.2 Å². The van der Waals surface area contributed by atoms with Gasteiger partial charge >= 0.3 is 0 Å². The van der Waals surface area contributed by atoms with Gasteiger partial charge in [-0.1, -0.05) is 24.3 Å². The van der Waals surface area contributed by atoms with E-state index in [0.717, 1.165) is 11.3 Å². The molecular formula is C25H27N3O5S. The van der Waals surface area contributed by atoms with Crippen molar-refractivity contribution in [2.75, 3.05) is 18.4 Å². The average molecular weight is 482 g/mol. The molecule has 0 aliphatic rings. The summed E-state index contributed by atoms with van der Waals surface area (Å²) in [5, 5.41) is 0. The molecule has 34 heavy (non-hydrogen) atoms. The predicted octanol–water partition coefficient (Wildman–Crippen LogP) is 4.19. The number of nitrogens with one attached hydrogen (secondary N) is 3. The van der Waals surface area contributed by atoms with Crippen molar-refractivity contribution in [3.05, 3.63) is 89.6 Å². The number of hydrazine groups is 1. The van der Waals surface area contributed by atoms with Crippen LogP contribution in [0, 0.1) is 0 Å². The lowest BCUT2D eigenvalue weighted by atomic mass is 10.2. The molecule has 0 heterocycles. The Hall–Kier alpha value is -3.98. The normalized spacial score (nSPS) is 11.4. The number of ether oxygens (including phenoxy) is 2. The number of carbonyl (C=O) groups is 1. The smallest absolute Gasteiger partial charge is 0.271 e. The zero-order valence-corrected chi connectivity index (χ0v) is 20.0. The van der Waals surface area contributed by atoms with Crippen molar-refractivity contribution >= 4 is 27.7 Å². The van der Waals surface area contributed by atoms with Crippen LogP contribution in [-0.2, 0) is 10.0 Å². The Morgan fingerprint density at radius 3 is 2.21 bits per heavy atom. The Kier molecular flexibility index (Phi) is 8.15. The maximum atomic E-state index is 12.8. The first-order valence-corrected chi connectivity index (χ1v) is 12.0. The maximum absolute atomic E-state index is 12.8. The molecule has 0 atom stereocenters. The summed E-state index contributed by atoms with van der Waals surface area (Å²) in [6, 6.07) is 19.9. The van der Waals surface area contributed by atoms with Gasteiger partial charge in [0.05, 0.1) is 29.9 Å². The highest BCUT2D eigenvalue weighted by Gasteiger charge is 2.18. The largest absolute Gasteiger partial charge is 0.497 e. The maximum Gasteiger partial charge on any atom is 0.271 e. The van der Waals surface area contributed by atoms with Gasteiger partial charge in [0.25, 0.3) is 15.9 Å². The van der Waals surface area contributed by atoms with Crippen LogP contribution in [0.3, 0.4) is 0 Å². The minimum absolute atomic E-state index is 0.0579. The minimum Gasteiger partial charge on any atom is -0.497 e. The summed E-state index contributed by atoms with van der Waals surface area (Å²) in [6.45, 7) is 4.13. The molecular weight excluding hydrogens is 454 g/mol. The molecule has 0 aliphatic heterocycles. The minimum atomic E-state index is -3.91. The first kappa shape index (κ1) is 24.7. The summed E-state index contributed by atoms with van der Waals surface area (Å²) < 4.78 is 38.7. The number of para-hydroxylation sites is 1. The van der Waals surface area contributed by atoms with Crippen LogP contribution in [0.2, 0.25) is 0 Å². The highest BCUT2D eigenvalue weighted by Crippen LogP contribution is 2.22. The fraction of sp³-hybridized carbons (Fsp3) is 0.160. The number of methoxy groups -OCH3 is 1. The number of allylic oxidation sites excluding steroid dienone is 1. The van der Waals surface area contributed by atoms with Crippen molar-refractivity contribution in [1.82, 2.24) is 10.9 Å². The molecule has 3 aromatic rings. The van der Waals surface area contributed by atoms with E-state index in [0.29, 0.717) is 18.1 Å². The summed E-state index contributed by atoms with van der Waals surface area (Å²) in [5.74, 6) is 0.832. The zero-order chi connectivity index (χ0) is 24.6. The number of carbonyl (C=O) groups excluding carboxylic acids is 1. The third-order valence-electron chi connectivity index (χ3n) is 4.73. The fourth-order valence-electron chi connectivity index (χ4n) is 3.06. The summed E-state index contributed by atoms with van der Waals surface area (Å²) in [7, 11) is -2.31. The van der Waals surface area contributed by atoms with E-state index in [2.05, 4.69) is 15.6 Å². The molecule has 0 bridgehead atoms. The second kappa shape index (κ2) is 11.2. The number of rotatable bonds is 10. The van der Waals surface area contributed by atoms with E-state index in [4.69, 9.17) is 9.47 Å². The quantitative estimate of drug-likeness (QED) is 0.375. The van der Waals surface area contributed by atoms with Crippen LogP contribution in [-0.4, -0.2) is 28.0 Å². The number of amides is 1. The summed E-state index contributed by atoms with van der Waals surface area (Å²) in [6.07, 6.45) is 1.85. The molecule has 9 heteroatoms. The van der Waals surface area contributed by atoms with Gasteiger partial charge in [-0.3, -0.25) is 14.9 Å². The van der Waals surface area contributed by atoms with Crippen molar-refractivity contribution < 1.29 is 22.7 Å². The number of anilines is 1. The van der Waals surface area contributed by atoms with E-state index in [1.807, 2.05) is 37.3 Å². The van der Waals surface area contributed by atoms with Crippen LogP contribution >= 0.6 is 0 Å². The monoisotopic (exact) mass is 481 g/mol. The standard InChI is InChI=1S/C25H27N3O5S/c1-4-33-21-13-15-22(16-14-21)34(30,31)28-24-8-6-5-7-23(24)25(29)27-26-18(2)17-19-9-11-20(32-3)12-10-19/h5-17,26,28H,4H2,1-3H3,(H,27,29)/b18-17+. The topological polar surface area (TPSA) is 106 Å². The van der Waals surface area contributed by atoms with Crippen molar-refractivity contribution in [2.24, 2.45) is 0 Å². The van der Waals surface area contributed by atoms with E-state index in [-0.39, 0.29) is 16.1 Å². The predicted molar refractivity (Wildman–Crippen MR) is 132 cm³/mol. The molecule has 0 radical (unpaired) electrons. The summed E-state index contributed by atoms with van der Waals surface area (Å²) in [4.78, 5) is 12.8. The average Bonchev–Trinajstić information content (AvgIpc) is 2.84. The van der Waals surface area contributed by atoms with Crippen LogP contribution in [0.25, 0.3) is 6.08 Å². The van der Waals surface area contributed by atoms with Crippen LogP contribution in [0.4, 0.5) is 5.69 Å². The lowest BCUT2D eigenvalue weighted by molar-refractivity contribution is 0.0940. The van der Waals surface area contributed by atoms with Gasteiger partial charge in [-0.15, -0.1) is 0 Å². The van der Waals surface area contributed by atoms with Gasteiger partial charge in [0.15, 0.2) is 0 Å². The molecule has 3 N–H and O–H groups in total. The number of benzene rings is 3. The number of sulfonamides is 1. The van der Waals surface area contributed by atoms with Gasteiger partial charge in [0.2, 0.25) is 0 Å². The Bertz CT molecular complexity index is 1250. The first-order chi connectivity index (χ1) is 16.3. The van der Waals surface area contributed by atoms with E-state index < -0.39 is 15.9 Å². The second-order valence-electron chi connectivity index (χ2n) is 7.24. The molecule has 0 aromatic heterocycles. The Morgan fingerprint density at radius 2 is 1.56 bits per heavy atom. The molecule has 178 valence electrons. The Morgan fingerprint density at radius 1 is 0.912 bits per heavy atom. The van der Waals surface area contributed by atoms with E-state index in [1.165, 1.54) is 24.3 Å². The highest BCUT2D eigenvalue weighted by molar-refractivity contribution is 7.92. The van der Waals surface area contributed by atoms with Gasteiger partial charge in [-0.25, -0.2) is 8.42 Å². The third-order valence-corrected chi connectivity index (χ3v) is 6.11. The molecule has 0 saturated carbocycles. The van der Waals surface area contributed by atoms with Crippen LogP contribution in [0.1, 0.15) is 29.8 Å². The van der Waals surface area contributed by atoms with E-state index >= 15 is 0 Å². The lowest BCUT2D eigenvalue weighted by Crippen LogP contribution is -2.36. The molecule has 0 saturated heterocycles. The number of hydrogen-bond acceptors (Lipinski definition) is 6. The molecule has 3 aromatic carbocycles. The zero-order valence-electron chi connectivity index (χ0n) is 19.2. The van der Waals surface area contributed by atoms with Gasteiger partial charge in [-0.05, 0) is 74.0 Å². The molecule has 0 unspecified atom stereocenters.